The van der Waals surface area contributed by atoms with Crippen LogP contribution in [0.3, 0.4) is 0 Å². The van der Waals surface area contributed by atoms with Crippen molar-refractivity contribution in [1.82, 2.24) is 0 Å². The van der Waals surface area contributed by atoms with Gasteiger partial charge in [0.1, 0.15) is 17.8 Å². The minimum absolute atomic E-state index is 0.0228. The number of hydrogen-bond acceptors (Lipinski definition) is 9. The van der Waals surface area contributed by atoms with Crippen molar-refractivity contribution in [3.05, 3.63) is 0 Å². The molecule has 0 aromatic carbocycles. The molecule has 2 bridgehead atoms. The van der Waals surface area contributed by atoms with Crippen LogP contribution in [0.25, 0.3) is 0 Å². The summed E-state index contributed by atoms with van der Waals surface area (Å²) in [7, 11) is 1.50. The van der Waals surface area contributed by atoms with Crippen molar-refractivity contribution >= 4 is 23.9 Å². The van der Waals surface area contributed by atoms with Crippen LogP contribution in [-0.2, 0) is 42.9 Å². The summed E-state index contributed by atoms with van der Waals surface area (Å²) < 4.78 is 28.2. The van der Waals surface area contributed by atoms with E-state index in [1.165, 1.54) is 7.11 Å². The van der Waals surface area contributed by atoms with Crippen LogP contribution >= 0.6 is 0 Å². The van der Waals surface area contributed by atoms with Gasteiger partial charge in [0.05, 0.1) is 34.9 Å². The number of aliphatic carboxylic acids is 1. The molecule has 8 atom stereocenters. The molecule has 0 aliphatic carbocycles. The standard InChI is InChI=1S/C27H42O10/c1-10-26(7,23(32)37-24(2,3)4)13-27(8,21(29)30)12-25(5,6)22(31)36-19-17-15-14(11-34-20(15)28)16(35-17)18(19)33-9/h14-19H,10-13H2,1-9H3,(H,29,30). The van der Waals surface area contributed by atoms with Crippen LogP contribution in [0, 0.1) is 28.1 Å². The highest BCUT2D eigenvalue weighted by Crippen LogP contribution is 2.50. The molecule has 3 fully saturated rings. The first-order valence-corrected chi connectivity index (χ1v) is 12.9. The molecule has 10 heteroatoms. The summed E-state index contributed by atoms with van der Waals surface area (Å²) >= 11 is 0. The topological polar surface area (TPSA) is 135 Å². The third-order valence-corrected chi connectivity index (χ3v) is 8.08. The number of methoxy groups -OCH3 is 1. The van der Waals surface area contributed by atoms with Gasteiger partial charge < -0.3 is 28.8 Å². The molecule has 10 nitrogen and oxygen atoms in total. The highest BCUT2D eigenvalue weighted by molar-refractivity contribution is 5.82. The van der Waals surface area contributed by atoms with Gasteiger partial charge in [0.15, 0.2) is 6.10 Å². The Hall–Kier alpha value is -2.20. The van der Waals surface area contributed by atoms with Crippen molar-refractivity contribution in [2.24, 2.45) is 28.1 Å². The Balaban J connectivity index is 1.78. The predicted molar refractivity (Wildman–Crippen MR) is 130 cm³/mol. The van der Waals surface area contributed by atoms with Crippen molar-refractivity contribution < 1.29 is 48.0 Å². The second-order valence-electron chi connectivity index (χ2n) is 13.0. The van der Waals surface area contributed by atoms with Crippen LogP contribution in [0.5, 0.6) is 0 Å². The fraction of sp³-hybridized carbons (Fsp3) is 0.852. The maximum absolute atomic E-state index is 13.5. The Morgan fingerprint density at radius 2 is 1.57 bits per heavy atom. The van der Waals surface area contributed by atoms with Crippen molar-refractivity contribution in [2.45, 2.75) is 105 Å². The van der Waals surface area contributed by atoms with E-state index >= 15 is 0 Å². The van der Waals surface area contributed by atoms with Gasteiger partial charge in [-0.3, -0.25) is 19.2 Å². The maximum Gasteiger partial charge on any atom is 0.312 e. The molecule has 0 spiro atoms. The smallest absolute Gasteiger partial charge is 0.312 e. The zero-order valence-electron chi connectivity index (χ0n) is 23.4. The van der Waals surface area contributed by atoms with Crippen LogP contribution in [0.1, 0.15) is 74.7 Å². The van der Waals surface area contributed by atoms with E-state index in [9.17, 15) is 24.3 Å². The second kappa shape index (κ2) is 9.84. The van der Waals surface area contributed by atoms with Crippen molar-refractivity contribution in [2.75, 3.05) is 13.7 Å². The molecule has 3 rings (SSSR count). The first-order chi connectivity index (χ1) is 16.9. The fourth-order valence-electron chi connectivity index (χ4n) is 6.12. The number of esters is 3. The van der Waals surface area contributed by atoms with E-state index in [-0.39, 0.29) is 31.3 Å². The molecule has 3 aliphatic heterocycles. The minimum Gasteiger partial charge on any atom is -0.481 e. The molecule has 210 valence electrons. The van der Waals surface area contributed by atoms with Crippen LogP contribution in [-0.4, -0.2) is 72.7 Å². The lowest BCUT2D eigenvalue weighted by Crippen LogP contribution is -2.51. The maximum atomic E-state index is 13.5. The first kappa shape index (κ1) is 29.4. The summed E-state index contributed by atoms with van der Waals surface area (Å²) in [5, 5.41) is 10.2. The summed E-state index contributed by atoms with van der Waals surface area (Å²) in [6.07, 6.45) is -2.20. The van der Waals surface area contributed by atoms with E-state index in [0.29, 0.717) is 6.42 Å². The average Bonchev–Trinajstić information content (AvgIpc) is 3.43. The lowest BCUT2D eigenvalue weighted by Gasteiger charge is -2.40. The Morgan fingerprint density at radius 1 is 0.946 bits per heavy atom. The van der Waals surface area contributed by atoms with Gasteiger partial charge in [0.25, 0.3) is 0 Å². The average molecular weight is 527 g/mol. The lowest BCUT2D eigenvalue weighted by atomic mass is 9.65. The fourth-order valence-corrected chi connectivity index (χ4v) is 6.12. The van der Waals surface area contributed by atoms with Crippen LogP contribution < -0.4 is 0 Å². The first-order valence-electron chi connectivity index (χ1n) is 12.9. The molecule has 0 saturated carbocycles. The molecule has 0 aromatic rings. The summed E-state index contributed by atoms with van der Waals surface area (Å²) in [6.45, 7) is 13.8. The quantitative estimate of drug-likeness (QED) is 0.334. The molecular formula is C27H42O10. The number of carbonyl (C=O) groups is 4. The second-order valence-corrected chi connectivity index (χ2v) is 13.0. The molecule has 1 N–H and O–H groups in total. The molecule has 37 heavy (non-hydrogen) atoms. The minimum atomic E-state index is -1.43. The van der Waals surface area contributed by atoms with Gasteiger partial charge in [-0.25, -0.2) is 0 Å². The van der Waals surface area contributed by atoms with E-state index in [1.807, 2.05) is 6.92 Å². The largest absolute Gasteiger partial charge is 0.481 e. The monoisotopic (exact) mass is 526 g/mol. The number of carboxylic acids is 1. The normalized spacial score (nSPS) is 32.2. The zero-order chi connectivity index (χ0) is 28.1. The number of hydrogen-bond donors (Lipinski definition) is 1. The molecule has 3 saturated heterocycles. The highest BCUT2D eigenvalue weighted by atomic mass is 16.6. The van der Waals surface area contributed by atoms with Crippen LogP contribution in [0.15, 0.2) is 0 Å². The summed E-state index contributed by atoms with van der Waals surface area (Å²) in [5.74, 6) is -3.24. The van der Waals surface area contributed by atoms with Crippen LogP contribution in [0.2, 0.25) is 0 Å². The van der Waals surface area contributed by atoms with E-state index in [2.05, 4.69) is 0 Å². The Kier molecular flexibility index (Phi) is 7.80. The number of cyclic esters (lactones) is 1. The van der Waals surface area contributed by atoms with Crippen LogP contribution in [0.4, 0.5) is 0 Å². The van der Waals surface area contributed by atoms with Crippen molar-refractivity contribution in [3.63, 3.8) is 0 Å². The molecule has 8 unspecified atom stereocenters. The number of carboxylic acid groups (broad SMARTS) is 1. The molecule has 0 radical (unpaired) electrons. The van der Waals surface area contributed by atoms with Gasteiger partial charge in [-0.2, -0.15) is 0 Å². The van der Waals surface area contributed by atoms with Gasteiger partial charge in [-0.15, -0.1) is 0 Å². The number of ether oxygens (including phenoxy) is 5. The number of carbonyl (C=O) groups excluding carboxylic acids is 3. The summed E-state index contributed by atoms with van der Waals surface area (Å²) in [4.78, 5) is 51.3. The Bertz CT molecular complexity index is 936. The van der Waals surface area contributed by atoms with Gasteiger partial charge in [0, 0.05) is 13.0 Å². The van der Waals surface area contributed by atoms with Gasteiger partial charge in [0.2, 0.25) is 0 Å². The SMILES string of the molecule is CCC(C)(CC(C)(CC(C)(C)C(=O)OC1C(OC)C2OC1C1C(=O)OCC21)C(=O)O)C(=O)OC(C)(C)C. The third kappa shape index (κ3) is 5.50. The molecule has 3 aliphatic rings. The van der Waals surface area contributed by atoms with E-state index < -0.39 is 70.1 Å². The zero-order valence-corrected chi connectivity index (χ0v) is 23.4. The Labute approximate surface area is 218 Å². The highest BCUT2D eigenvalue weighted by Gasteiger charge is 2.67. The van der Waals surface area contributed by atoms with Crippen molar-refractivity contribution in [3.8, 4) is 0 Å². The van der Waals surface area contributed by atoms with Gasteiger partial charge in [-0.1, -0.05) is 6.92 Å². The van der Waals surface area contributed by atoms with Gasteiger partial charge >= 0.3 is 23.9 Å². The Morgan fingerprint density at radius 3 is 2.08 bits per heavy atom. The molecular weight excluding hydrogens is 484 g/mol. The van der Waals surface area contributed by atoms with Gasteiger partial charge in [-0.05, 0) is 67.7 Å². The molecule has 3 heterocycles. The predicted octanol–water partition coefficient (Wildman–Crippen LogP) is 3.14. The molecule has 0 amide bonds. The number of fused-ring (bicyclic) bond motifs is 5. The number of rotatable bonds is 10. The summed E-state index contributed by atoms with van der Waals surface area (Å²) in [6, 6.07) is 0. The summed E-state index contributed by atoms with van der Waals surface area (Å²) in [5.41, 5.74) is -4.46. The van der Waals surface area contributed by atoms with E-state index in [4.69, 9.17) is 23.7 Å². The van der Waals surface area contributed by atoms with E-state index in [1.54, 1.807) is 48.5 Å². The lowest BCUT2D eigenvalue weighted by molar-refractivity contribution is -0.177. The van der Waals surface area contributed by atoms with Crippen molar-refractivity contribution in [1.29, 1.82) is 0 Å². The molecule has 0 aromatic heterocycles. The third-order valence-electron chi connectivity index (χ3n) is 8.08. The van der Waals surface area contributed by atoms with E-state index in [0.717, 1.165) is 0 Å².